The lowest BCUT2D eigenvalue weighted by Crippen LogP contribution is -2.38. The van der Waals surface area contributed by atoms with Crippen molar-refractivity contribution >= 4 is 34.8 Å². The van der Waals surface area contributed by atoms with Crippen LogP contribution in [0.25, 0.3) is 32.8 Å². The monoisotopic (exact) mass is 440 g/mol. The van der Waals surface area contributed by atoms with Crippen LogP contribution in [-0.2, 0) is 13.5 Å². The summed E-state index contributed by atoms with van der Waals surface area (Å²) in [5.41, 5.74) is 6.47. The molecule has 3 aromatic carbocycles. The van der Waals surface area contributed by atoms with E-state index in [1.807, 2.05) is 0 Å². The molecule has 4 aromatic rings. The minimum Gasteiger partial charge on any atom is -0.455 e. The van der Waals surface area contributed by atoms with Gasteiger partial charge >= 0.3 is 0 Å². The van der Waals surface area contributed by atoms with Gasteiger partial charge in [-0.05, 0) is 59.5 Å². The average molecular weight is 441 g/mol. The van der Waals surface area contributed by atoms with Crippen LogP contribution in [0, 0.1) is 19.8 Å². The van der Waals surface area contributed by atoms with Gasteiger partial charge in [0.05, 0.1) is 19.0 Å². The van der Waals surface area contributed by atoms with Gasteiger partial charge in [0, 0.05) is 11.6 Å². The molecule has 0 spiro atoms. The predicted molar refractivity (Wildman–Crippen MR) is 139 cm³/mol. The Kier molecular flexibility index (Phi) is 4.76. The summed E-state index contributed by atoms with van der Waals surface area (Å²) in [7, 11) is 0.643. The summed E-state index contributed by atoms with van der Waals surface area (Å²) in [6.45, 7) is 16.4. The fourth-order valence-corrected chi connectivity index (χ4v) is 7.19. The third-order valence-corrected chi connectivity index (χ3v) is 8.98. The first-order chi connectivity index (χ1) is 15.1. The molecule has 1 aliphatic rings. The van der Waals surface area contributed by atoms with Crippen molar-refractivity contribution in [3.05, 3.63) is 59.3 Å². The molecule has 32 heavy (non-hydrogen) atoms. The molecule has 0 bridgehead atoms. The van der Waals surface area contributed by atoms with Crippen molar-refractivity contribution in [2.45, 2.75) is 53.8 Å². The van der Waals surface area contributed by atoms with Crippen molar-refractivity contribution in [1.82, 2.24) is 0 Å². The fourth-order valence-electron chi connectivity index (χ4n) is 5.52. The van der Waals surface area contributed by atoms with Crippen molar-refractivity contribution in [1.29, 1.82) is 0 Å². The molecular weight excluding hydrogens is 406 g/mol. The summed E-state index contributed by atoms with van der Waals surface area (Å²) in [5, 5.41) is 6.79. The van der Waals surface area contributed by atoms with Gasteiger partial charge in [0.1, 0.15) is 18.5 Å². The molecule has 164 valence electrons. The van der Waals surface area contributed by atoms with Crippen molar-refractivity contribution in [3.63, 3.8) is 0 Å². The Morgan fingerprint density at radius 1 is 0.969 bits per heavy atom. The van der Waals surface area contributed by atoms with Crippen LogP contribution in [-0.4, -0.2) is 8.07 Å². The molecule has 0 amide bonds. The van der Waals surface area contributed by atoms with Gasteiger partial charge in [-0.1, -0.05) is 62.9 Å². The Labute approximate surface area is 192 Å². The van der Waals surface area contributed by atoms with Crippen molar-refractivity contribution in [2.24, 2.45) is 13.0 Å². The van der Waals surface area contributed by atoms with Gasteiger partial charge in [0.2, 0.25) is 5.69 Å². The third-order valence-electron chi connectivity index (χ3n) is 6.95. The first-order valence-corrected chi connectivity index (χ1v) is 15.3. The van der Waals surface area contributed by atoms with Gasteiger partial charge in [0.25, 0.3) is 0 Å². The summed E-state index contributed by atoms with van der Waals surface area (Å²) in [6.07, 6.45) is 3.26. The second-order valence-corrected chi connectivity index (χ2v) is 16.0. The van der Waals surface area contributed by atoms with E-state index in [1.165, 1.54) is 54.7 Å². The first kappa shape index (κ1) is 21.2. The molecule has 0 saturated heterocycles. The fraction of sp³-hybridized carbons (Fsp3) is 0.345. The summed E-state index contributed by atoms with van der Waals surface area (Å²) in [6, 6.07) is 13.7. The molecule has 0 atom stereocenters. The average Bonchev–Trinajstić information content (AvgIpc) is 2.72. The molecule has 5 rings (SSSR count). The minimum absolute atomic E-state index is 0.613. The molecule has 0 unspecified atom stereocenters. The predicted octanol–water partition coefficient (Wildman–Crippen LogP) is 6.95. The maximum absolute atomic E-state index is 6.82. The van der Waals surface area contributed by atoms with Crippen LogP contribution >= 0.6 is 0 Å². The topological polar surface area (TPSA) is 13.1 Å². The summed E-state index contributed by atoms with van der Waals surface area (Å²) >= 11 is 0. The molecule has 0 fully saturated rings. The van der Waals surface area contributed by atoms with Gasteiger partial charge in [-0.25, -0.2) is 4.57 Å². The van der Waals surface area contributed by atoms with E-state index in [4.69, 9.17) is 4.74 Å². The number of ether oxygens (including phenoxy) is 1. The first-order valence-electron chi connectivity index (χ1n) is 11.8. The molecule has 0 N–H and O–H groups in total. The lowest BCUT2D eigenvalue weighted by Gasteiger charge is -2.27. The number of hydrogen-bond acceptors (Lipinski definition) is 1. The van der Waals surface area contributed by atoms with E-state index in [9.17, 15) is 0 Å². The Bertz CT molecular complexity index is 1410. The van der Waals surface area contributed by atoms with E-state index < -0.39 is 8.07 Å². The van der Waals surface area contributed by atoms with Crippen molar-refractivity contribution < 1.29 is 9.30 Å². The smallest absolute Gasteiger partial charge is 0.228 e. The highest BCUT2D eigenvalue weighted by molar-refractivity contribution is 6.90. The summed E-state index contributed by atoms with van der Waals surface area (Å²) < 4.78 is 9.09. The maximum Gasteiger partial charge on any atom is 0.228 e. The highest BCUT2D eigenvalue weighted by Gasteiger charge is 2.33. The van der Waals surface area contributed by atoms with E-state index in [2.05, 4.69) is 102 Å². The number of benzene rings is 3. The van der Waals surface area contributed by atoms with Crippen LogP contribution in [0.3, 0.4) is 0 Å². The molecule has 3 heteroatoms. The van der Waals surface area contributed by atoms with E-state index in [0.717, 1.165) is 17.9 Å². The van der Waals surface area contributed by atoms with Gasteiger partial charge in [0.15, 0.2) is 6.20 Å². The molecular formula is C29H34NOSi+. The van der Waals surface area contributed by atoms with Crippen LogP contribution in [0.2, 0.25) is 19.6 Å². The second kappa shape index (κ2) is 7.18. The van der Waals surface area contributed by atoms with Crippen LogP contribution in [0.15, 0.2) is 42.6 Å². The maximum atomic E-state index is 6.82. The lowest BCUT2D eigenvalue weighted by atomic mass is 9.88. The van der Waals surface area contributed by atoms with Gasteiger partial charge in [-0.15, -0.1) is 0 Å². The van der Waals surface area contributed by atoms with Gasteiger partial charge in [-0.3, -0.25) is 0 Å². The number of nitrogens with zero attached hydrogens (tertiary/aromatic N) is 1. The number of rotatable bonds is 3. The Balaban J connectivity index is 1.91. The number of hydrogen-bond donors (Lipinski definition) is 0. The van der Waals surface area contributed by atoms with Crippen LogP contribution in [0.1, 0.15) is 30.5 Å². The number of pyridine rings is 1. The van der Waals surface area contributed by atoms with Crippen molar-refractivity contribution in [2.75, 3.05) is 0 Å². The van der Waals surface area contributed by atoms with E-state index >= 15 is 0 Å². The van der Waals surface area contributed by atoms with E-state index in [-0.39, 0.29) is 0 Å². The molecule has 2 heterocycles. The molecule has 1 aliphatic heterocycles. The SMILES string of the molecule is Cc1c2c(c(C)c3c([Si](C)(C)C)cccc13)Oc1cc(CC(C)C)cc3cc[n+](C)c-2c13. The molecule has 2 nitrogen and oxygen atoms in total. The quantitative estimate of drug-likeness (QED) is 0.218. The largest absolute Gasteiger partial charge is 0.455 e. The van der Waals surface area contributed by atoms with Crippen LogP contribution < -0.4 is 14.5 Å². The number of aromatic nitrogens is 1. The number of fused-ring (bicyclic) bond motifs is 3. The van der Waals surface area contributed by atoms with Crippen LogP contribution in [0.4, 0.5) is 0 Å². The van der Waals surface area contributed by atoms with Crippen LogP contribution in [0.5, 0.6) is 11.5 Å². The zero-order valence-corrected chi connectivity index (χ0v) is 21.7. The Hall–Kier alpha value is -2.65. The van der Waals surface area contributed by atoms with E-state index in [1.54, 1.807) is 0 Å². The zero-order chi connectivity index (χ0) is 22.9. The highest BCUT2D eigenvalue weighted by Crippen LogP contribution is 2.50. The zero-order valence-electron chi connectivity index (χ0n) is 20.7. The molecule has 0 radical (unpaired) electrons. The lowest BCUT2D eigenvalue weighted by molar-refractivity contribution is -0.659. The Morgan fingerprint density at radius 2 is 1.72 bits per heavy atom. The molecule has 0 aliphatic carbocycles. The molecule has 1 aromatic heterocycles. The van der Waals surface area contributed by atoms with Crippen molar-refractivity contribution in [3.8, 4) is 22.8 Å². The summed E-state index contributed by atoms with van der Waals surface area (Å²) in [4.78, 5) is 0. The van der Waals surface area contributed by atoms with E-state index in [0.29, 0.717) is 5.92 Å². The second-order valence-electron chi connectivity index (χ2n) is 11.0. The van der Waals surface area contributed by atoms with Gasteiger partial charge in [-0.2, -0.15) is 0 Å². The molecule has 0 saturated carbocycles. The Morgan fingerprint density at radius 3 is 2.41 bits per heavy atom. The van der Waals surface area contributed by atoms with Gasteiger partial charge < -0.3 is 4.74 Å². The number of aryl methyl sites for hydroxylation is 3. The normalized spacial score (nSPS) is 13.0. The highest BCUT2D eigenvalue weighted by atomic mass is 28.3. The summed E-state index contributed by atoms with van der Waals surface area (Å²) in [5.74, 6) is 2.66. The third kappa shape index (κ3) is 3.09. The minimum atomic E-state index is -1.52. The standard InChI is InChI=1S/C29H34NOSi/c1-17(2)14-20-15-21-12-13-30(5)28-26-18(3)22-10-9-11-24(32(6,7)8)25(22)19(4)29(26)31-23(16-20)27(21)28/h9-13,15-17H,14H2,1-8H3/q+1.